The van der Waals surface area contributed by atoms with Gasteiger partial charge in [-0.3, -0.25) is 0 Å². The molecule has 1 aliphatic carbocycles. The van der Waals surface area contributed by atoms with Crippen molar-refractivity contribution in [3.05, 3.63) is 23.4 Å². The molecule has 0 aliphatic heterocycles. The van der Waals surface area contributed by atoms with Crippen molar-refractivity contribution < 1.29 is 0 Å². The number of nitrogens with zero attached hydrogens (tertiary/aromatic N) is 1. The van der Waals surface area contributed by atoms with E-state index < -0.39 is 0 Å². The van der Waals surface area contributed by atoms with E-state index in [4.69, 9.17) is 17.3 Å². The summed E-state index contributed by atoms with van der Waals surface area (Å²) in [6.45, 7) is 0. The van der Waals surface area contributed by atoms with Gasteiger partial charge >= 0.3 is 0 Å². The van der Waals surface area contributed by atoms with E-state index in [-0.39, 0.29) is 0 Å². The first-order valence-corrected chi connectivity index (χ1v) is 4.75. The Kier molecular flexibility index (Phi) is 2.38. The number of pyridine rings is 1. The average molecular weight is 198 g/mol. The first kappa shape index (κ1) is 8.78. The predicted octanol–water partition coefficient (Wildman–Crippen LogP) is 1.64. The van der Waals surface area contributed by atoms with Gasteiger partial charge in [-0.15, -0.1) is 0 Å². The summed E-state index contributed by atoms with van der Waals surface area (Å²) in [4.78, 5) is 4.14. The van der Waals surface area contributed by atoms with Gasteiger partial charge in [-0.2, -0.15) is 0 Å². The molecule has 1 heterocycles. The van der Waals surface area contributed by atoms with Crippen molar-refractivity contribution in [3.63, 3.8) is 0 Å². The number of nitrogens with two attached hydrogens (primary N) is 1. The van der Waals surface area contributed by atoms with Crippen LogP contribution >= 0.6 is 11.6 Å². The molecule has 0 unspecified atom stereocenters. The standard InChI is InChI=1S/C9H12ClN3/c10-6-1-2-9(12-5-6)13-8-3-7(11)4-8/h1-2,5,7-8H,3-4,11H2,(H,12,13). The molecule has 0 aromatic carbocycles. The molecule has 0 bridgehead atoms. The van der Waals surface area contributed by atoms with Gasteiger partial charge in [0, 0.05) is 18.3 Å². The number of hydrogen-bond acceptors (Lipinski definition) is 3. The molecule has 70 valence electrons. The van der Waals surface area contributed by atoms with Crippen LogP contribution in [0.2, 0.25) is 5.02 Å². The van der Waals surface area contributed by atoms with E-state index in [1.54, 1.807) is 6.20 Å². The van der Waals surface area contributed by atoms with E-state index in [1.807, 2.05) is 12.1 Å². The maximum absolute atomic E-state index is 5.71. The highest BCUT2D eigenvalue weighted by Gasteiger charge is 2.25. The molecule has 13 heavy (non-hydrogen) atoms. The lowest BCUT2D eigenvalue weighted by Gasteiger charge is -2.33. The van der Waals surface area contributed by atoms with Gasteiger partial charge in [0.1, 0.15) is 5.82 Å². The molecule has 1 aromatic heterocycles. The third kappa shape index (κ3) is 2.11. The van der Waals surface area contributed by atoms with Crippen LogP contribution < -0.4 is 11.1 Å². The summed E-state index contributed by atoms with van der Waals surface area (Å²) in [7, 11) is 0. The lowest BCUT2D eigenvalue weighted by atomic mass is 9.88. The van der Waals surface area contributed by atoms with E-state index in [1.165, 1.54) is 0 Å². The number of nitrogens with one attached hydrogen (secondary N) is 1. The molecule has 1 aliphatic rings. The number of aromatic nitrogens is 1. The van der Waals surface area contributed by atoms with Crippen molar-refractivity contribution in [2.75, 3.05) is 5.32 Å². The van der Waals surface area contributed by atoms with Gasteiger partial charge in [0.15, 0.2) is 0 Å². The summed E-state index contributed by atoms with van der Waals surface area (Å²) in [5, 5.41) is 3.95. The Morgan fingerprint density at radius 2 is 2.23 bits per heavy atom. The largest absolute Gasteiger partial charge is 0.367 e. The van der Waals surface area contributed by atoms with Crippen molar-refractivity contribution in [1.82, 2.24) is 4.98 Å². The van der Waals surface area contributed by atoms with Crippen molar-refractivity contribution in [2.45, 2.75) is 24.9 Å². The molecule has 1 aromatic rings. The van der Waals surface area contributed by atoms with E-state index in [9.17, 15) is 0 Å². The summed E-state index contributed by atoms with van der Waals surface area (Å²) in [5.74, 6) is 0.876. The van der Waals surface area contributed by atoms with E-state index in [2.05, 4.69) is 10.3 Å². The van der Waals surface area contributed by atoms with Gasteiger partial charge in [0.2, 0.25) is 0 Å². The molecule has 1 saturated carbocycles. The molecule has 0 saturated heterocycles. The minimum Gasteiger partial charge on any atom is -0.367 e. The topological polar surface area (TPSA) is 50.9 Å². The zero-order chi connectivity index (χ0) is 9.26. The zero-order valence-corrected chi connectivity index (χ0v) is 7.96. The molecule has 3 N–H and O–H groups in total. The molecule has 3 nitrogen and oxygen atoms in total. The average Bonchev–Trinajstić information content (AvgIpc) is 2.06. The fraction of sp³-hybridized carbons (Fsp3) is 0.444. The summed E-state index contributed by atoms with van der Waals surface area (Å²) < 4.78 is 0. The lowest BCUT2D eigenvalue weighted by molar-refractivity contribution is 0.373. The SMILES string of the molecule is NC1CC(Nc2ccc(Cl)cn2)C1. The Morgan fingerprint density at radius 1 is 1.46 bits per heavy atom. The van der Waals surface area contributed by atoms with Crippen LogP contribution in [0.5, 0.6) is 0 Å². The number of anilines is 1. The molecule has 0 radical (unpaired) electrons. The third-order valence-electron chi connectivity index (χ3n) is 2.25. The summed E-state index contributed by atoms with van der Waals surface area (Å²) in [6.07, 6.45) is 3.71. The van der Waals surface area contributed by atoms with E-state index in [0.29, 0.717) is 17.1 Å². The number of hydrogen-bond donors (Lipinski definition) is 2. The van der Waals surface area contributed by atoms with Crippen molar-refractivity contribution in [2.24, 2.45) is 5.73 Å². The molecular weight excluding hydrogens is 186 g/mol. The highest BCUT2D eigenvalue weighted by atomic mass is 35.5. The molecule has 1 fully saturated rings. The quantitative estimate of drug-likeness (QED) is 0.758. The van der Waals surface area contributed by atoms with Crippen molar-refractivity contribution >= 4 is 17.4 Å². The molecule has 0 spiro atoms. The summed E-state index contributed by atoms with van der Waals surface area (Å²) in [6, 6.07) is 4.57. The Hall–Kier alpha value is -0.800. The smallest absolute Gasteiger partial charge is 0.126 e. The van der Waals surface area contributed by atoms with Crippen LogP contribution in [0.25, 0.3) is 0 Å². The molecule has 4 heteroatoms. The van der Waals surface area contributed by atoms with Gasteiger partial charge < -0.3 is 11.1 Å². The summed E-state index contributed by atoms with van der Waals surface area (Å²) in [5.41, 5.74) is 5.67. The Balaban J connectivity index is 1.91. The first-order valence-electron chi connectivity index (χ1n) is 4.38. The fourth-order valence-corrected chi connectivity index (χ4v) is 1.56. The highest BCUT2D eigenvalue weighted by Crippen LogP contribution is 2.21. The predicted molar refractivity (Wildman–Crippen MR) is 53.9 cm³/mol. The number of halogens is 1. The monoisotopic (exact) mass is 197 g/mol. The second kappa shape index (κ2) is 3.52. The Morgan fingerprint density at radius 3 is 2.77 bits per heavy atom. The maximum Gasteiger partial charge on any atom is 0.126 e. The van der Waals surface area contributed by atoms with Gasteiger partial charge in [-0.25, -0.2) is 4.98 Å². The minimum absolute atomic E-state index is 0.366. The van der Waals surface area contributed by atoms with Gasteiger partial charge in [0.05, 0.1) is 5.02 Å². The molecular formula is C9H12ClN3. The Bertz CT molecular complexity index is 279. The Labute approximate surface area is 82.3 Å². The molecule has 0 amide bonds. The normalized spacial score (nSPS) is 26.6. The third-order valence-corrected chi connectivity index (χ3v) is 2.48. The van der Waals surface area contributed by atoms with Crippen LogP contribution in [0.3, 0.4) is 0 Å². The summed E-state index contributed by atoms with van der Waals surface area (Å²) >= 11 is 5.71. The van der Waals surface area contributed by atoms with Crippen LogP contribution in [0, 0.1) is 0 Å². The first-order chi connectivity index (χ1) is 6.24. The molecule has 2 rings (SSSR count). The van der Waals surface area contributed by atoms with Gasteiger partial charge in [-0.05, 0) is 25.0 Å². The van der Waals surface area contributed by atoms with Gasteiger partial charge in [-0.1, -0.05) is 11.6 Å². The van der Waals surface area contributed by atoms with Crippen LogP contribution in [-0.2, 0) is 0 Å². The minimum atomic E-state index is 0.366. The zero-order valence-electron chi connectivity index (χ0n) is 7.20. The van der Waals surface area contributed by atoms with Crippen molar-refractivity contribution in [1.29, 1.82) is 0 Å². The maximum atomic E-state index is 5.71. The van der Waals surface area contributed by atoms with Crippen LogP contribution in [-0.4, -0.2) is 17.1 Å². The van der Waals surface area contributed by atoms with Gasteiger partial charge in [0.25, 0.3) is 0 Å². The van der Waals surface area contributed by atoms with E-state index in [0.717, 1.165) is 18.7 Å². The van der Waals surface area contributed by atoms with E-state index >= 15 is 0 Å². The van der Waals surface area contributed by atoms with Crippen LogP contribution in [0.1, 0.15) is 12.8 Å². The highest BCUT2D eigenvalue weighted by molar-refractivity contribution is 6.30. The van der Waals surface area contributed by atoms with Crippen LogP contribution in [0.15, 0.2) is 18.3 Å². The fourth-order valence-electron chi connectivity index (χ4n) is 1.45. The van der Waals surface area contributed by atoms with Crippen LogP contribution in [0.4, 0.5) is 5.82 Å². The lowest BCUT2D eigenvalue weighted by Crippen LogP contribution is -2.44. The second-order valence-electron chi connectivity index (χ2n) is 3.43. The second-order valence-corrected chi connectivity index (χ2v) is 3.87. The number of rotatable bonds is 2. The van der Waals surface area contributed by atoms with Crippen molar-refractivity contribution in [3.8, 4) is 0 Å². The molecule has 0 atom stereocenters.